The third-order valence-electron chi connectivity index (χ3n) is 5.17. The molecule has 0 nitrogen and oxygen atoms in total. The maximum Gasteiger partial charge on any atom is -0.0326 e. The van der Waals surface area contributed by atoms with Gasteiger partial charge < -0.3 is 0 Å². The molecule has 14 heavy (non-hydrogen) atoms. The van der Waals surface area contributed by atoms with Crippen LogP contribution in [0.3, 0.4) is 0 Å². The molecule has 6 unspecified atom stereocenters. The predicted octanol–water partition coefficient (Wildman–Crippen LogP) is 4.21. The van der Waals surface area contributed by atoms with Crippen LogP contribution in [0.25, 0.3) is 0 Å². The van der Waals surface area contributed by atoms with Gasteiger partial charge in [0.2, 0.25) is 0 Å². The van der Waals surface area contributed by atoms with E-state index < -0.39 is 0 Å². The lowest BCUT2D eigenvalue weighted by molar-refractivity contribution is 0.148. The van der Waals surface area contributed by atoms with Gasteiger partial charge in [-0.25, -0.2) is 0 Å². The Kier molecular flexibility index (Phi) is 2.66. The fourth-order valence-electron chi connectivity index (χ4n) is 4.08. The van der Waals surface area contributed by atoms with Gasteiger partial charge in [0.05, 0.1) is 0 Å². The molecule has 2 saturated carbocycles. The maximum absolute atomic E-state index is 2.50. The Bertz CT molecular complexity index is 206. The van der Waals surface area contributed by atoms with Crippen molar-refractivity contribution < 1.29 is 0 Å². The topological polar surface area (TPSA) is 0 Å². The molecule has 0 aliphatic heterocycles. The van der Waals surface area contributed by atoms with Gasteiger partial charge in [-0.15, -0.1) is 0 Å². The third-order valence-corrected chi connectivity index (χ3v) is 5.17. The van der Waals surface area contributed by atoms with Gasteiger partial charge in [0.15, 0.2) is 0 Å². The Morgan fingerprint density at radius 1 is 1.00 bits per heavy atom. The highest BCUT2D eigenvalue weighted by molar-refractivity contribution is 5.03. The molecule has 0 heterocycles. The van der Waals surface area contributed by atoms with Crippen LogP contribution in [0.4, 0.5) is 0 Å². The minimum atomic E-state index is 0.889. The van der Waals surface area contributed by atoms with E-state index in [1.807, 2.05) is 0 Å². The van der Waals surface area contributed by atoms with Crippen LogP contribution in [0.1, 0.15) is 47.5 Å². The van der Waals surface area contributed by atoms with Crippen LogP contribution >= 0.6 is 0 Å². The van der Waals surface area contributed by atoms with E-state index in [1.54, 1.807) is 0 Å². The zero-order valence-corrected chi connectivity index (χ0v) is 10.5. The Morgan fingerprint density at radius 3 is 2.21 bits per heavy atom. The molecule has 82 valence electrons. The largest absolute Gasteiger partial charge is 0.0628 e. The van der Waals surface area contributed by atoms with E-state index in [0.29, 0.717) is 0 Å². The molecule has 0 aromatic heterocycles. The smallest absolute Gasteiger partial charge is 0.0326 e. The van der Waals surface area contributed by atoms with Gasteiger partial charge in [0.1, 0.15) is 0 Å². The van der Waals surface area contributed by atoms with Crippen molar-refractivity contribution in [1.29, 1.82) is 0 Å². The minimum absolute atomic E-state index is 0.889. The molecule has 2 fully saturated rings. The van der Waals surface area contributed by atoms with E-state index in [4.69, 9.17) is 0 Å². The normalized spacial score (nSPS) is 51.9. The molecular weight excluding hydrogens is 168 g/mol. The summed E-state index contributed by atoms with van der Waals surface area (Å²) in [7, 11) is 0. The van der Waals surface area contributed by atoms with Crippen molar-refractivity contribution in [1.82, 2.24) is 0 Å². The second kappa shape index (κ2) is 3.54. The van der Waals surface area contributed by atoms with E-state index in [9.17, 15) is 0 Å². The van der Waals surface area contributed by atoms with Gasteiger partial charge in [-0.2, -0.15) is 0 Å². The van der Waals surface area contributed by atoms with Gasteiger partial charge in [-0.1, -0.05) is 34.6 Å². The molecule has 0 amide bonds. The van der Waals surface area contributed by atoms with Crippen LogP contribution in [0.2, 0.25) is 0 Å². The highest BCUT2D eigenvalue weighted by atomic mass is 14.6. The fourth-order valence-corrected chi connectivity index (χ4v) is 4.08. The lowest BCUT2D eigenvalue weighted by Crippen LogP contribution is -2.27. The summed E-state index contributed by atoms with van der Waals surface area (Å²) in [5, 5.41) is 0. The standard InChI is InChI=1S/C14H26/c1-8(2)6-12-7-13-11(5)14(13)10(4)9(12)3/h8-14H,6-7H2,1-5H3. The van der Waals surface area contributed by atoms with Crippen LogP contribution in [0.15, 0.2) is 0 Å². The number of hydrogen-bond donors (Lipinski definition) is 0. The van der Waals surface area contributed by atoms with Crippen molar-refractivity contribution in [3.8, 4) is 0 Å². The average Bonchev–Trinajstić information content (AvgIpc) is 2.71. The summed E-state index contributed by atoms with van der Waals surface area (Å²) in [5.41, 5.74) is 0. The summed E-state index contributed by atoms with van der Waals surface area (Å²) in [5.74, 6) is 7.12. The maximum atomic E-state index is 2.50. The van der Waals surface area contributed by atoms with Crippen LogP contribution in [-0.2, 0) is 0 Å². The summed E-state index contributed by atoms with van der Waals surface area (Å²) in [4.78, 5) is 0. The fraction of sp³-hybridized carbons (Fsp3) is 1.00. The van der Waals surface area contributed by atoms with E-state index >= 15 is 0 Å². The Balaban J connectivity index is 1.99. The summed E-state index contributed by atoms with van der Waals surface area (Å²) < 4.78 is 0. The molecule has 0 aromatic carbocycles. The number of rotatable bonds is 2. The summed E-state index contributed by atoms with van der Waals surface area (Å²) in [6.07, 6.45) is 3.00. The second-order valence-corrected chi connectivity index (χ2v) is 6.44. The van der Waals surface area contributed by atoms with Gasteiger partial charge in [0.25, 0.3) is 0 Å². The highest BCUT2D eigenvalue weighted by Crippen LogP contribution is 2.61. The average molecular weight is 194 g/mol. The van der Waals surface area contributed by atoms with Crippen molar-refractivity contribution >= 4 is 0 Å². The molecule has 0 radical (unpaired) electrons. The molecule has 0 spiro atoms. The molecule has 0 bridgehead atoms. The zero-order valence-electron chi connectivity index (χ0n) is 10.5. The molecule has 0 aromatic rings. The molecular formula is C14H26. The Morgan fingerprint density at radius 2 is 1.64 bits per heavy atom. The summed E-state index contributed by atoms with van der Waals surface area (Å²) in [6, 6.07) is 0. The van der Waals surface area contributed by atoms with E-state index in [-0.39, 0.29) is 0 Å². The number of fused-ring (bicyclic) bond motifs is 1. The van der Waals surface area contributed by atoms with Crippen molar-refractivity contribution in [3.05, 3.63) is 0 Å². The minimum Gasteiger partial charge on any atom is -0.0628 e. The second-order valence-electron chi connectivity index (χ2n) is 6.44. The summed E-state index contributed by atoms with van der Waals surface area (Å²) >= 11 is 0. The van der Waals surface area contributed by atoms with Gasteiger partial charge >= 0.3 is 0 Å². The lowest BCUT2D eigenvalue weighted by Gasteiger charge is -2.34. The molecule has 0 saturated heterocycles. The van der Waals surface area contributed by atoms with E-state index in [2.05, 4.69) is 34.6 Å². The van der Waals surface area contributed by atoms with Crippen LogP contribution < -0.4 is 0 Å². The van der Waals surface area contributed by atoms with Crippen LogP contribution in [0, 0.1) is 41.4 Å². The lowest BCUT2D eigenvalue weighted by atomic mass is 9.71. The van der Waals surface area contributed by atoms with Crippen LogP contribution in [-0.4, -0.2) is 0 Å². The SMILES string of the molecule is CC(C)CC1CC2C(C)C2C(C)C1C. The van der Waals surface area contributed by atoms with Crippen molar-refractivity contribution in [3.63, 3.8) is 0 Å². The monoisotopic (exact) mass is 194 g/mol. The Labute approximate surface area is 89.5 Å². The van der Waals surface area contributed by atoms with Crippen molar-refractivity contribution in [2.75, 3.05) is 0 Å². The number of hydrogen-bond acceptors (Lipinski definition) is 0. The first-order valence-electron chi connectivity index (χ1n) is 6.52. The first-order chi connectivity index (χ1) is 6.52. The van der Waals surface area contributed by atoms with E-state index in [1.165, 1.54) is 12.8 Å². The molecule has 6 atom stereocenters. The molecule has 2 rings (SSSR count). The highest BCUT2D eigenvalue weighted by Gasteiger charge is 2.55. The zero-order chi connectivity index (χ0) is 10.5. The Hall–Kier alpha value is 0. The van der Waals surface area contributed by atoms with E-state index in [0.717, 1.165) is 41.4 Å². The van der Waals surface area contributed by atoms with Crippen molar-refractivity contribution in [2.24, 2.45) is 41.4 Å². The molecule has 0 heteroatoms. The van der Waals surface area contributed by atoms with Crippen molar-refractivity contribution in [2.45, 2.75) is 47.5 Å². The first kappa shape index (κ1) is 10.5. The molecule has 2 aliphatic rings. The quantitative estimate of drug-likeness (QED) is 0.618. The summed E-state index contributed by atoms with van der Waals surface area (Å²) in [6.45, 7) is 12.2. The van der Waals surface area contributed by atoms with Gasteiger partial charge in [0, 0.05) is 0 Å². The third kappa shape index (κ3) is 1.61. The van der Waals surface area contributed by atoms with Gasteiger partial charge in [-0.05, 0) is 54.3 Å². The molecule has 2 aliphatic carbocycles. The van der Waals surface area contributed by atoms with Gasteiger partial charge in [-0.3, -0.25) is 0 Å². The predicted molar refractivity (Wildman–Crippen MR) is 62.0 cm³/mol. The molecule has 0 N–H and O–H groups in total. The van der Waals surface area contributed by atoms with Crippen LogP contribution in [0.5, 0.6) is 0 Å². The first-order valence-corrected chi connectivity index (χ1v) is 6.52.